The molecule has 1 aromatic carbocycles. The van der Waals surface area contributed by atoms with Crippen LogP contribution in [0.25, 0.3) is 0 Å². The van der Waals surface area contributed by atoms with E-state index in [-0.39, 0.29) is 76.8 Å². The van der Waals surface area contributed by atoms with Gasteiger partial charge in [-0.1, -0.05) is 108 Å². The minimum absolute atomic E-state index is 0.0110. The third-order valence-corrected chi connectivity index (χ3v) is 23.8. The summed E-state index contributed by atoms with van der Waals surface area (Å²) in [6.45, 7) is 11.3. The number of benzene rings is 1. The molecule has 11 rings (SSSR count). The van der Waals surface area contributed by atoms with Gasteiger partial charge in [-0.25, -0.2) is 4.98 Å². The van der Waals surface area contributed by atoms with E-state index in [0.717, 1.165) is 62.7 Å². The number of allylic oxidation sites excluding steroid dienone is 3. The number of ketones is 1. The van der Waals surface area contributed by atoms with E-state index >= 15 is 4.79 Å². The molecule has 5 saturated carbocycles. The number of aryl methyl sites for hydroxylation is 1. The maximum Gasteiger partial charge on any atom is 0.190 e. The van der Waals surface area contributed by atoms with Gasteiger partial charge >= 0.3 is 0 Å². The van der Waals surface area contributed by atoms with Crippen LogP contribution in [0, 0.1) is 69.5 Å². The van der Waals surface area contributed by atoms with Crippen molar-refractivity contribution < 1.29 is 30.3 Å². The van der Waals surface area contributed by atoms with Crippen molar-refractivity contribution in [3.05, 3.63) is 88.6 Å². The summed E-state index contributed by atoms with van der Waals surface area (Å²) in [5.41, 5.74) is 11.7. The fourth-order valence-electron chi connectivity index (χ4n) is 18.1. The summed E-state index contributed by atoms with van der Waals surface area (Å²) in [5, 5.41) is 64.7. The first-order chi connectivity index (χ1) is 33.9. The van der Waals surface area contributed by atoms with Crippen LogP contribution in [0.4, 0.5) is 0 Å². The van der Waals surface area contributed by atoms with E-state index in [4.69, 9.17) is 10.7 Å². The van der Waals surface area contributed by atoms with Gasteiger partial charge in [0.1, 0.15) is 6.23 Å². The van der Waals surface area contributed by atoms with Crippen LogP contribution in [0.2, 0.25) is 0 Å². The SMILES string of the molecule is CC(O)NC(N)=NCC1CC2(C)C3CC(C(CCc4ccccc4)SSCC(n4ccnc4)CC(C)(C)C4=C5CCCCC5C5=C6C(CCC5)CC3C(O)C64)C2(O)C2=CC(=O)C3CC(O)C(O)CC3(C)C21. The number of aliphatic hydroxyl groups excluding tert-OH is 4. The van der Waals surface area contributed by atoms with E-state index in [2.05, 4.69) is 79.1 Å². The first-order valence-electron chi connectivity index (χ1n) is 27.5. The van der Waals surface area contributed by atoms with Gasteiger partial charge in [-0.15, -0.1) is 0 Å². The van der Waals surface area contributed by atoms with Gasteiger partial charge in [-0.3, -0.25) is 9.79 Å². The predicted molar refractivity (Wildman–Crippen MR) is 283 cm³/mol. The summed E-state index contributed by atoms with van der Waals surface area (Å²) in [6.07, 6.45) is 17.6. The lowest BCUT2D eigenvalue weighted by Crippen LogP contribution is -2.66. The Bertz CT molecular complexity index is 2460. The monoisotopic (exact) mass is 1010 g/mol. The van der Waals surface area contributed by atoms with Crippen molar-refractivity contribution >= 4 is 33.3 Å². The molecule has 0 spiro atoms. The smallest absolute Gasteiger partial charge is 0.190 e. The molecule has 4 bridgehead atoms. The fraction of sp³-hybridized carbons (Fsp3) is 0.707. The van der Waals surface area contributed by atoms with Crippen molar-refractivity contribution in [2.24, 2.45) is 80.2 Å². The molecule has 9 aliphatic rings. The van der Waals surface area contributed by atoms with Gasteiger partial charge in [0.15, 0.2) is 11.7 Å². The summed E-state index contributed by atoms with van der Waals surface area (Å²) in [7, 11) is 3.85. The highest BCUT2D eigenvalue weighted by molar-refractivity contribution is 8.76. The molecule has 18 unspecified atom stereocenters. The molecule has 11 nitrogen and oxygen atoms in total. The molecule has 1 aliphatic heterocycles. The quantitative estimate of drug-likeness (QED) is 0.0463. The Morgan fingerprint density at radius 1 is 0.972 bits per heavy atom. The number of guanidine groups is 1. The maximum absolute atomic E-state index is 15.0. The van der Waals surface area contributed by atoms with E-state index in [0.29, 0.717) is 24.8 Å². The van der Waals surface area contributed by atoms with Crippen molar-refractivity contribution in [1.29, 1.82) is 0 Å². The van der Waals surface area contributed by atoms with Crippen molar-refractivity contribution in [3.63, 3.8) is 0 Å². The Hall–Kier alpha value is -2.91. The molecule has 1 saturated heterocycles. The number of aliphatic hydroxyl groups is 5. The second kappa shape index (κ2) is 19.0. The van der Waals surface area contributed by atoms with Crippen LogP contribution in [-0.2, 0) is 11.2 Å². The summed E-state index contributed by atoms with van der Waals surface area (Å²) in [4.78, 5) is 24.5. The summed E-state index contributed by atoms with van der Waals surface area (Å²) >= 11 is 0. The number of aromatic nitrogens is 2. The highest BCUT2D eigenvalue weighted by Gasteiger charge is 2.74. The number of carbonyl (C=O) groups is 1. The number of rotatable bonds is 7. The first kappa shape index (κ1) is 50.3. The van der Waals surface area contributed by atoms with Gasteiger partial charge in [0.2, 0.25) is 0 Å². The van der Waals surface area contributed by atoms with Gasteiger partial charge < -0.3 is 41.2 Å². The standard InChI is InChI=1S/C58H81N5O6S2/c1-32(64)62-54(59)61-29-35-26-57(5)41-23-43(58(57,69)44-25-45(65)42-24-46(66)47(67)28-56(42,4)51(35)44)48(19-18-33-12-7-6-8-13-33)71-70-30-36(63-21-20-60-31-63)27-55(2,3)52-39-16-10-9-15-37(39)38-17-11-14-34-22-40(41)53(68)50(52)49(34)38/h6-8,12-13,20-21,25,31-32,34-37,40-43,46-48,50-51,53,64,66-69H,9-11,14-19,22-24,26-30H2,1-5H3,(H3,59,61,62). The number of nitrogens with two attached hydrogens (primary N) is 1. The zero-order valence-corrected chi connectivity index (χ0v) is 44.4. The third-order valence-electron chi connectivity index (χ3n) is 20.8. The Morgan fingerprint density at radius 3 is 2.52 bits per heavy atom. The van der Waals surface area contributed by atoms with Crippen LogP contribution < -0.4 is 11.1 Å². The topological polar surface area (TPSA) is 186 Å². The van der Waals surface area contributed by atoms with Crippen molar-refractivity contribution in [2.45, 2.75) is 172 Å². The molecule has 13 heteroatoms. The van der Waals surface area contributed by atoms with Gasteiger partial charge in [0.05, 0.1) is 30.2 Å². The van der Waals surface area contributed by atoms with E-state index in [1.54, 1.807) is 29.7 Å². The number of hydrogen-bond acceptors (Lipinski definition) is 10. The van der Waals surface area contributed by atoms with Gasteiger partial charge in [0.25, 0.3) is 0 Å². The average Bonchev–Trinajstić information content (AvgIpc) is 3.96. The molecule has 8 aliphatic carbocycles. The second-order valence-electron chi connectivity index (χ2n) is 25.1. The zero-order valence-electron chi connectivity index (χ0n) is 42.8. The number of aliphatic imine (C=N–C) groups is 1. The van der Waals surface area contributed by atoms with E-state index in [1.807, 2.05) is 34.1 Å². The number of fused-ring (bicyclic) bond motifs is 13. The van der Waals surface area contributed by atoms with E-state index in [9.17, 15) is 25.5 Å². The number of nitrogens with one attached hydrogen (secondary N) is 1. The second-order valence-corrected chi connectivity index (χ2v) is 27.8. The molecular weight excluding hydrogens is 927 g/mol. The lowest BCUT2D eigenvalue weighted by Gasteiger charge is -2.64. The summed E-state index contributed by atoms with van der Waals surface area (Å²) in [6, 6.07) is 10.8. The van der Waals surface area contributed by atoms with Crippen LogP contribution in [0.15, 0.2) is 88.0 Å². The van der Waals surface area contributed by atoms with E-state index in [1.165, 1.54) is 36.8 Å². The number of imidazole rings is 1. The predicted octanol–water partition coefficient (Wildman–Crippen LogP) is 8.73. The largest absolute Gasteiger partial charge is 0.392 e. The van der Waals surface area contributed by atoms with Gasteiger partial charge in [0, 0.05) is 65.1 Å². The maximum atomic E-state index is 15.0. The number of carbonyl (C=O) groups excluding carboxylic acids is 1. The molecular formula is C58H81N5O6S2. The molecule has 0 radical (unpaired) electrons. The minimum Gasteiger partial charge on any atom is -0.392 e. The Morgan fingerprint density at radius 2 is 1.76 bits per heavy atom. The third kappa shape index (κ3) is 8.30. The van der Waals surface area contributed by atoms with Crippen molar-refractivity contribution in [3.8, 4) is 0 Å². The molecule has 71 heavy (non-hydrogen) atoms. The highest BCUT2D eigenvalue weighted by Crippen LogP contribution is 2.74. The van der Waals surface area contributed by atoms with Crippen LogP contribution in [-0.4, -0.2) is 94.5 Å². The summed E-state index contributed by atoms with van der Waals surface area (Å²) in [5.74, 6) is 0.170. The molecule has 6 fully saturated rings. The molecule has 8 N–H and O–H groups in total. The molecule has 2 aromatic rings. The molecule has 2 heterocycles. The van der Waals surface area contributed by atoms with Crippen LogP contribution in [0.1, 0.15) is 136 Å². The lowest BCUT2D eigenvalue weighted by molar-refractivity contribution is -0.172. The van der Waals surface area contributed by atoms with Crippen LogP contribution >= 0.6 is 21.6 Å². The highest BCUT2D eigenvalue weighted by atomic mass is 33.1. The van der Waals surface area contributed by atoms with Gasteiger partial charge in [-0.2, -0.15) is 0 Å². The zero-order chi connectivity index (χ0) is 49.8. The Kier molecular flexibility index (Phi) is 13.5. The van der Waals surface area contributed by atoms with Crippen molar-refractivity contribution in [2.75, 3.05) is 12.3 Å². The lowest BCUT2D eigenvalue weighted by atomic mass is 9.42. The average molecular weight is 1010 g/mol. The molecule has 1 aromatic heterocycles. The molecule has 0 amide bonds. The van der Waals surface area contributed by atoms with Gasteiger partial charge in [-0.05, 0) is 154 Å². The molecule has 386 valence electrons. The molecule has 18 atom stereocenters. The van der Waals surface area contributed by atoms with Crippen molar-refractivity contribution in [1.82, 2.24) is 14.9 Å². The number of hydrogen-bond donors (Lipinski definition) is 7. The van der Waals surface area contributed by atoms with Crippen LogP contribution in [0.3, 0.4) is 0 Å². The minimum atomic E-state index is -1.44. The first-order valence-corrected chi connectivity index (χ1v) is 29.9. The Labute approximate surface area is 429 Å². The normalized spacial score (nSPS) is 43.5. The van der Waals surface area contributed by atoms with Crippen LogP contribution in [0.5, 0.6) is 0 Å². The summed E-state index contributed by atoms with van der Waals surface area (Å²) < 4.78 is 2.32. The Balaban J connectivity index is 1.12. The van der Waals surface area contributed by atoms with E-state index < -0.39 is 46.9 Å². The number of nitrogens with zero attached hydrogens (tertiary/aromatic N) is 3. The fourth-order valence-corrected chi connectivity index (χ4v) is 21.4.